The molecule has 1 aliphatic rings. The van der Waals surface area contributed by atoms with E-state index in [9.17, 15) is 9.59 Å². The Balaban J connectivity index is 1.51. The number of nitrogens with zero attached hydrogens (tertiary/aromatic N) is 2. The molecule has 3 rings (SSSR count). The molecule has 2 atom stereocenters. The molecule has 0 saturated carbocycles. The molecular weight excluding hydrogens is 424 g/mol. The Morgan fingerprint density at radius 3 is 2.26 bits per heavy atom. The largest absolute Gasteiger partial charge is 0.338 e. The number of benzene rings is 2. The van der Waals surface area contributed by atoms with Gasteiger partial charge in [0.15, 0.2) is 0 Å². The van der Waals surface area contributed by atoms with Gasteiger partial charge in [0.2, 0.25) is 5.91 Å². The van der Waals surface area contributed by atoms with E-state index in [0.29, 0.717) is 13.1 Å². The van der Waals surface area contributed by atoms with Gasteiger partial charge >= 0.3 is 6.03 Å². The monoisotopic (exact) mass is 462 g/mol. The van der Waals surface area contributed by atoms with Crippen LogP contribution in [-0.2, 0) is 11.2 Å². The average Bonchev–Trinajstić information content (AvgIpc) is 2.88. The van der Waals surface area contributed by atoms with Crippen molar-refractivity contribution in [3.05, 3.63) is 71.8 Å². The standard InChI is InChI=1S/C28H38N4O2/c1-4-22(3)26(30-28(34)29-25-15-13-23(5-2)14-16-25)27(33)32-20-18-31(19-21-32)17-9-12-24-10-7-6-8-11-24/h6-16,22,26H,4-5,17-21H2,1-3H3,(H2,29,30,34). The summed E-state index contributed by atoms with van der Waals surface area (Å²) in [7, 11) is 0. The number of hydrogen-bond donors (Lipinski definition) is 2. The highest BCUT2D eigenvalue weighted by atomic mass is 16.2. The van der Waals surface area contributed by atoms with E-state index in [1.165, 1.54) is 11.1 Å². The quantitative estimate of drug-likeness (QED) is 0.570. The Bertz CT molecular complexity index is 935. The van der Waals surface area contributed by atoms with E-state index in [0.717, 1.165) is 38.2 Å². The first kappa shape index (κ1) is 25.5. The highest BCUT2D eigenvalue weighted by Crippen LogP contribution is 2.15. The third-order valence-corrected chi connectivity index (χ3v) is 6.54. The van der Waals surface area contributed by atoms with Gasteiger partial charge in [-0.3, -0.25) is 9.69 Å². The Labute approximate surface area is 204 Å². The molecule has 2 aromatic rings. The van der Waals surface area contributed by atoms with Crippen LogP contribution in [0.4, 0.5) is 10.5 Å². The minimum absolute atomic E-state index is 0.00492. The fraction of sp³-hybridized carbons (Fsp3) is 0.429. The summed E-state index contributed by atoms with van der Waals surface area (Å²) in [5, 5.41) is 5.81. The summed E-state index contributed by atoms with van der Waals surface area (Å²) in [6, 6.07) is 17.2. The van der Waals surface area contributed by atoms with Crippen LogP contribution < -0.4 is 10.6 Å². The molecular formula is C28H38N4O2. The molecule has 3 amide bonds. The Morgan fingerprint density at radius 1 is 0.971 bits per heavy atom. The van der Waals surface area contributed by atoms with Gasteiger partial charge in [0, 0.05) is 38.4 Å². The lowest BCUT2D eigenvalue weighted by Crippen LogP contribution is -2.57. The van der Waals surface area contributed by atoms with Crippen LogP contribution in [0, 0.1) is 5.92 Å². The highest BCUT2D eigenvalue weighted by Gasteiger charge is 2.31. The van der Waals surface area contributed by atoms with E-state index in [1.54, 1.807) is 0 Å². The number of rotatable bonds is 9. The number of hydrogen-bond acceptors (Lipinski definition) is 3. The van der Waals surface area contributed by atoms with Crippen molar-refractivity contribution < 1.29 is 9.59 Å². The van der Waals surface area contributed by atoms with Gasteiger partial charge < -0.3 is 15.5 Å². The van der Waals surface area contributed by atoms with Crippen LogP contribution in [0.15, 0.2) is 60.7 Å². The molecule has 0 aromatic heterocycles. The zero-order chi connectivity index (χ0) is 24.3. The molecule has 2 N–H and O–H groups in total. The minimum Gasteiger partial charge on any atom is -0.338 e. The molecule has 0 bridgehead atoms. The number of piperazine rings is 1. The number of carbonyl (C=O) groups is 2. The smallest absolute Gasteiger partial charge is 0.319 e. The number of nitrogens with one attached hydrogen (secondary N) is 2. The maximum Gasteiger partial charge on any atom is 0.319 e. The van der Waals surface area contributed by atoms with Crippen molar-refractivity contribution >= 4 is 23.7 Å². The van der Waals surface area contributed by atoms with Gasteiger partial charge in [-0.2, -0.15) is 0 Å². The summed E-state index contributed by atoms with van der Waals surface area (Å²) in [5.74, 6) is 0.0536. The molecule has 1 heterocycles. The maximum atomic E-state index is 13.3. The molecule has 2 aromatic carbocycles. The van der Waals surface area contributed by atoms with E-state index < -0.39 is 6.04 Å². The van der Waals surface area contributed by atoms with Gasteiger partial charge in [-0.15, -0.1) is 0 Å². The SMILES string of the molecule is CCc1ccc(NC(=O)NC(C(=O)N2CCN(CC=Cc3ccccc3)CC2)C(C)CC)cc1. The molecule has 1 fully saturated rings. The first-order valence-electron chi connectivity index (χ1n) is 12.4. The van der Waals surface area contributed by atoms with Crippen molar-refractivity contribution in [1.29, 1.82) is 0 Å². The van der Waals surface area contributed by atoms with Gasteiger partial charge in [-0.25, -0.2) is 4.79 Å². The van der Waals surface area contributed by atoms with E-state index in [4.69, 9.17) is 0 Å². The summed E-state index contributed by atoms with van der Waals surface area (Å²) < 4.78 is 0. The normalized spacial score (nSPS) is 16.3. The first-order chi connectivity index (χ1) is 16.5. The van der Waals surface area contributed by atoms with Crippen molar-refractivity contribution in [3.8, 4) is 0 Å². The summed E-state index contributed by atoms with van der Waals surface area (Å²) in [6.07, 6.45) is 6.07. The average molecular weight is 463 g/mol. The molecule has 182 valence electrons. The second kappa shape index (κ2) is 12.9. The van der Waals surface area contributed by atoms with Gasteiger partial charge in [0.05, 0.1) is 0 Å². The van der Waals surface area contributed by atoms with Crippen LogP contribution in [0.25, 0.3) is 6.08 Å². The molecule has 34 heavy (non-hydrogen) atoms. The summed E-state index contributed by atoms with van der Waals surface area (Å²) in [6.45, 7) is 10.0. The maximum absolute atomic E-state index is 13.3. The van der Waals surface area contributed by atoms with E-state index in [1.807, 2.05) is 61.2 Å². The fourth-order valence-electron chi connectivity index (χ4n) is 4.06. The molecule has 0 spiro atoms. The molecule has 1 saturated heterocycles. The number of aryl methyl sites for hydroxylation is 1. The zero-order valence-electron chi connectivity index (χ0n) is 20.7. The Hall–Kier alpha value is -3.12. The number of carbonyl (C=O) groups excluding carboxylic acids is 2. The van der Waals surface area contributed by atoms with Gasteiger partial charge in [-0.1, -0.05) is 81.8 Å². The number of anilines is 1. The number of amides is 3. The zero-order valence-corrected chi connectivity index (χ0v) is 20.7. The lowest BCUT2D eigenvalue weighted by Gasteiger charge is -2.37. The lowest BCUT2D eigenvalue weighted by molar-refractivity contribution is -0.136. The van der Waals surface area contributed by atoms with E-state index in [2.05, 4.69) is 46.7 Å². The van der Waals surface area contributed by atoms with Gasteiger partial charge in [0.25, 0.3) is 0 Å². The first-order valence-corrected chi connectivity index (χ1v) is 12.4. The summed E-state index contributed by atoms with van der Waals surface area (Å²) in [4.78, 5) is 30.2. The molecule has 1 aliphatic heterocycles. The second-order valence-corrected chi connectivity index (χ2v) is 8.95. The van der Waals surface area contributed by atoms with E-state index >= 15 is 0 Å². The third kappa shape index (κ3) is 7.45. The van der Waals surface area contributed by atoms with Gasteiger partial charge in [-0.05, 0) is 35.6 Å². The molecule has 6 nitrogen and oxygen atoms in total. The topological polar surface area (TPSA) is 64.7 Å². The van der Waals surface area contributed by atoms with Crippen LogP contribution in [0.3, 0.4) is 0 Å². The Morgan fingerprint density at radius 2 is 1.65 bits per heavy atom. The van der Waals surface area contributed by atoms with E-state index in [-0.39, 0.29) is 17.9 Å². The fourth-order valence-corrected chi connectivity index (χ4v) is 4.06. The van der Waals surface area contributed by atoms with Crippen molar-refractivity contribution in [3.63, 3.8) is 0 Å². The number of urea groups is 1. The van der Waals surface area contributed by atoms with Crippen molar-refractivity contribution in [1.82, 2.24) is 15.1 Å². The van der Waals surface area contributed by atoms with Crippen LogP contribution in [-0.4, -0.2) is 60.5 Å². The summed E-state index contributed by atoms with van der Waals surface area (Å²) >= 11 is 0. The molecule has 2 unspecified atom stereocenters. The van der Waals surface area contributed by atoms with Crippen molar-refractivity contribution in [2.24, 2.45) is 5.92 Å². The highest BCUT2D eigenvalue weighted by molar-refractivity contribution is 5.93. The van der Waals surface area contributed by atoms with Crippen LogP contribution >= 0.6 is 0 Å². The lowest BCUT2D eigenvalue weighted by atomic mass is 9.97. The van der Waals surface area contributed by atoms with Crippen LogP contribution in [0.5, 0.6) is 0 Å². The van der Waals surface area contributed by atoms with Gasteiger partial charge in [0.1, 0.15) is 6.04 Å². The molecule has 0 aliphatic carbocycles. The van der Waals surface area contributed by atoms with Crippen molar-refractivity contribution in [2.45, 2.75) is 39.7 Å². The minimum atomic E-state index is -0.538. The predicted octanol–water partition coefficient (Wildman–Crippen LogP) is 4.64. The van der Waals surface area contributed by atoms with Crippen LogP contribution in [0.2, 0.25) is 0 Å². The predicted molar refractivity (Wildman–Crippen MR) is 140 cm³/mol. The Kier molecular flexibility index (Phi) is 9.71. The third-order valence-electron chi connectivity index (χ3n) is 6.54. The molecule has 0 radical (unpaired) electrons. The van der Waals surface area contributed by atoms with Crippen LogP contribution in [0.1, 0.15) is 38.3 Å². The van der Waals surface area contributed by atoms with Crippen molar-refractivity contribution in [2.75, 3.05) is 38.0 Å². The summed E-state index contributed by atoms with van der Waals surface area (Å²) in [5.41, 5.74) is 3.13. The molecule has 6 heteroatoms. The second-order valence-electron chi connectivity index (χ2n) is 8.95.